The van der Waals surface area contributed by atoms with Crippen molar-refractivity contribution in [2.45, 2.75) is 43.5 Å². The van der Waals surface area contributed by atoms with Crippen molar-refractivity contribution >= 4 is 33.3 Å². The predicted octanol–water partition coefficient (Wildman–Crippen LogP) is 3.73. The Bertz CT molecular complexity index is 1700. The summed E-state index contributed by atoms with van der Waals surface area (Å²) in [4.78, 5) is 28.3. The van der Waals surface area contributed by atoms with Gasteiger partial charge in [0, 0.05) is 67.6 Å². The first-order valence-corrected chi connectivity index (χ1v) is 16.3. The highest BCUT2D eigenvalue weighted by atomic mass is 32.2. The first kappa shape index (κ1) is 33.4. The Labute approximate surface area is 266 Å². The molecule has 12 nitrogen and oxygen atoms in total. The van der Waals surface area contributed by atoms with E-state index in [1.807, 2.05) is 19.0 Å². The van der Waals surface area contributed by atoms with Crippen LogP contribution < -0.4 is 15.4 Å². The van der Waals surface area contributed by atoms with Gasteiger partial charge in [-0.25, -0.2) is 17.2 Å². The fourth-order valence-corrected chi connectivity index (χ4v) is 7.17. The summed E-state index contributed by atoms with van der Waals surface area (Å²) in [5, 5.41) is 12.9. The number of carbonyl (C=O) groups is 2. The maximum atomic E-state index is 13.9. The van der Waals surface area contributed by atoms with Gasteiger partial charge in [0.25, 0.3) is 5.91 Å². The van der Waals surface area contributed by atoms with Crippen LogP contribution in [0.1, 0.15) is 48.3 Å². The quantitative estimate of drug-likeness (QED) is 0.298. The number of likely N-dealkylation sites (N-methyl/N-ethyl adjacent to an activating group) is 1. The summed E-state index contributed by atoms with van der Waals surface area (Å²) in [6, 6.07) is 6.90. The number of benzene rings is 2. The number of hydrogen-bond donors (Lipinski definition) is 3. The molecule has 2 aromatic carbocycles. The maximum absolute atomic E-state index is 13.9. The predicted molar refractivity (Wildman–Crippen MR) is 166 cm³/mol. The van der Waals surface area contributed by atoms with E-state index in [2.05, 4.69) is 20.8 Å². The molecule has 2 aliphatic rings. The van der Waals surface area contributed by atoms with Crippen molar-refractivity contribution in [2.24, 2.45) is 5.92 Å². The van der Waals surface area contributed by atoms with Crippen LogP contribution >= 0.6 is 0 Å². The Hall–Kier alpha value is -3.92. The number of hydrogen-bond acceptors (Lipinski definition) is 8. The lowest BCUT2D eigenvalue weighted by Crippen LogP contribution is -2.45. The smallest absolute Gasteiger partial charge is 0.258 e. The third-order valence-electron chi connectivity index (χ3n) is 8.05. The molecule has 3 heterocycles. The van der Waals surface area contributed by atoms with E-state index in [4.69, 9.17) is 9.47 Å². The number of amides is 2. The zero-order valence-electron chi connectivity index (χ0n) is 26.2. The molecule has 0 unspecified atom stereocenters. The molecule has 248 valence electrons. The molecule has 15 heteroatoms. The topological polar surface area (TPSA) is 146 Å². The maximum Gasteiger partial charge on any atom is 0.258 e. The van der Waals surface area contributed by atoms with E-state index in [9.17, 15) is 26.8 Å². The lowest BCUT2D eigenvalue weighted by atomic mass is 9.84. The van der Waals surface area contributed by atoms with Crippen molar-refractivity contribution in [3.8, 4) is 5.75 Å². The summed E-state index contributed by atoms with van der Waals surface area (Å²) in [6.07, 6.45) is 1.12. The molecule has 3 N–H and O–H groups in total. The minimum Gasteiger partial charge on any atom is -0.492 e. The van der Waals surface area contributed by atoms with Crippen LogP contribution in [0.15, 0.2) is 41.3 Å². The molecule has 0 atom stereocenters. The number of fused-ring (bicyclic) bond motifs is 1. The molecule has 1 aromatic heterocycles. The molecule has 3 aromatic rings. The van der Waals surface area contributed by atoms with Crippen LogP contribution in [0.2, 0.25) is 0 Å². The highest BCUT2D eigenvalue weighted by Crippen LogP contribution is 2.38. The second kappa shape index (κ2) is 13.4. The van der Waals surface area contributed by atoms with Gasteiger partial charge in [-0.3, -0.25) is 14.7 Å². The van der Waals surface area contributed by atoms with Gasteiger partial charge in [-0.15, -0.1) is 0 Å². The van der Waals surface area contributed by atoms with E-state index in [1.165, 1.54) is 6.07 Å². The molecule has 0 bridgehead atoms. The second-order valence-corrected chi connectivity index (χ2v) is 14.3. The molecule has 5 rings (SSSR count). The summed E-state index contributed by atoms with van der Waals surface area (Å²) < 4.78 is 67.2. The van der Waals surface area contributed by atoms with Crippen LogP contribution in [-0.2, 0) is 31.5 Å². The molecule has 0 aliphatic carbocycles. The molecule has 0 radical (unpaired) electrons. The number of nitrogens with one attached hydrogen (secondary N) is 3. The minimum atomic E-state index is -4.32. The van der Waals surface area contributed by atoms with Gasteiger partial charge >= 0.3 is 0 Å². The third-order valence-corrected chi connectivity index (χ3v) is 9.82. The monoisotopic (exact) mass is 660 g/mol. The molecule has 0 saturated carbocycles. The Balaban J connectivity index is 1.42. The SMILES string of the molecule is CN(C)CCOc1ccc(C(=O)Nc2n[nH]c3c2CN(S(=O)(=O)c2cc(F)cc(F)c2)CC3(C)C)c(NC(=O)C2CCOCC2)c1. The number of halogens is 2. The number of aromatic nitrogens is 2. The number of carbonyl (C=O) groups excluding carboxylic acids is 2. The van der Waals surface area contributed by atoms with E-state index >= 15 is 0 Å². The fraction of sp³-hybridized carbons (Fsp3) is 0.452. The summed E-state index contributed by atoms with van der Waals surface area (Å²) in [7, 11) is -0.484. The lowest BCUT2D eigenvalue weighted by Gasteiger charge is -2.36. The normalized spacial score (nSPS) is 17.0. The average molecular weight is 661 g/mol. The van der Waals surface area contributed by atoms with Gasteiger partial charge in [0.15, 0.2) is 5.82 Å². The molecular weight excluding hydrogens is 622 g/mol. The van der Waals surface area contributed by atoms with Crippen LogP contribution in [0, 0.1) is 17.6 Å². The summed E-state index contributed by atoms with van der Waals surface area (Å²) >= 11 is 0. The van der Waals surface area contributed by atoms with Gasteiger partial charge in [0.1, 0.15) is 24.0 Å². The van der Waals surface area contributed by atoms with Gasteiger partial charge in [0.2, 0.25) is 15.9 Å². The second-order valence-electron chi connectivity index (χ2n) is 12.4. The third kappa shape index (κ3) is 7.38. The van der Waals surface area contributed by atoms with Gasteiger partial charge in [-0.2, -0.15) is 9.40 Å². The van der Waals surface area contributed by atoms with Gasteiger partial charge < -0.3 is 25.0 Å². The highest BCUT2D eigenvalue weighted by Gasteiger charge is 2.41. The molecule has 2 aliphatic heterocycles. The number of ether oxygens (including phenoxy) is 2. The molecule has 2 amide bonds. The Morgan fingerprint density at radius 1 is 1.11 bits per heavy atom. The van der Waals surface area contributed by atoms with Gasteiger partial charge in [-0.05, 0) is 51.2 Å². The van der Waals surface area contributed by atoms with Gasteiger partial charge in [-0.1, -0.05) is 13.8 Å². The van der Waals surface area contributed by atoms with Crippen molar-refractivity contribution in [1.29, 1.82) is 0 Å². The Kier molecular flexibility index (Phi) is 9.77. The highest BCUT2D eigenvalue weighted by molar-refractivity contribution is 7.89. The molecule has 1 saturated heterocycles. The Morgan fingerprint density at radius 2 is 1.80 bits per heavy atom. The van der Waals surface area contributed by atoms with Crippen molar-refractivity contribution in [1.82, 2.24) is 19.4 Å². The average Bonchev–Trinajstić information content (AvgIpc) is 3.40. The van der Waals surface area contributed by atoms with E-state index in [1.54, 1.807) is 26.0 Å². The van der Waals surface area contributed by atoms with Crippen molar-refractivity contribution in [2.75, 3.05) is 57.6 Å². The van der Waals surface area contributed by atoms with Crippen LogP contribution in [0.25, 0.3) is 0 Å². The van der Waals surface area contributed by atoms with E-state index < -0.39 is 37.9 Å². The molecular formula is C31H38F2N6O6S. The number of rotatable bonds is 10. The van der Waals surface area contributed by atoms with Crippen molar-refractivity contribution in [3.05, 3.63) is 64.9 Å². The van der Waals surface area contributed by atoms with Gasteiger partial charge in [0.05, 0.1) is 16.1 Å². The summed E-state index contributed by atoms with van der Waals surface area (Å²) in [5.74, 6) is -2.58. The largest absolute Gasteiger partial charge is 0.492 e. The fourth-order valence-electron chi connectivity index (χ4n) is 5.56. The van der Waals surface area contributed by atoms with E-state index in [0.29, 0.717) is 62.3 Å². The first-order valence-electron chi connectivity index (χ1n) is 14.9. The van der Waals surface area contributed by atoms with Crippen LogP contribution in [-0.4, -0.2) is 86.6 Å². The van der Waals surface area contributed by atoms with Crippen LogP contribution in [0.4, 0.5) is 20.3 Å². The van der Waals surface area contributed by atoms with Crippen LogP contribution in [0.5, 0.6) is 5.75 Å². The van der Waals surface area contributed by atoms with E-state index in [0.717, 1.165) is 16.4 Å². The first-order chi connectivity index (χ1) is 21.7. The van der Waals surface area contributed by atoms with E-state index in [-0.39, 0.29) is 42.0 Å². The Morgan fingerprint density at radius 3 is 2.48 bits per heavy atom. The van der Waals surface area contributed by atoms with Crippen molar-refractivity contribution < 1.29 is 36.3 Å². The summed E-state index contributed by atoms with van der Waals surface area (Å²) in [5.41, 5.74) is 0.612. The number of anilines is 2. The number of nitrogens with zero attached hydrogens (tertiary/aromatic N) is 3. The van der Waals surface area contributed by atoms with Crippen LogP contribution in [0.3, 0.4) is 0 Å². The minimum absolute atomic E-state index is 0.00623. The lowest BCUT2D eigenvalue weighted by molar-refractivity contribution is -0.122. The zero-order valence-corrected chi connectivity index (χ0v) is 27.0. The standard InChI is InChI=1S/C31H38F2N6O6S/c1-31(2)18-39(46(42,43)23-14-20(32)13-21(33)15-23)17-25-27(31)36-37-28(25)35-30(41)24-6-5-22(45-12-9-38(3)4)16-26(24)34-29(40)19-7-10-44-11-8-19/h5-6,13-16,19H,7-12,17-18H2,1-4H3,(H,34,40)(H2,35,36,37,41). The molecule has 1 fully saturated rings. The van der Waals surface area contributed by atoms with Crippen molar-refractivity contribution in [3.63, 3.8) is 0 Å². The molecule has 0 spiro atoms. The molecule has 46 heavy (non-hydrogen) atoms. The number of H-pyrrole nitrogens is 1. The number of sulfonamides is 1. The zero-order chi connectivity index (χ0) is 33.2. The summed E-state index contributed by atoms with van der Waals surface area (Å²) in [6.45, 7) is 5.37. The number of aromatic amines is 1.